The number of nitrogens with zero attached hydrogens (tertiary/aromatic N) is 2. The first-order chi connectivity index (χ1) is 16.6. The number of ether oxygens (including phenoxy) is 4. The third kappa shape index (κ3) is 6.83. The van der Waals surface area contributed by atoms with E-state index in [9.17, 15) is 0 Å². The van der Waals surface area contributed by atoms with Gasteiger partial charge in [-0.05, 0) is 49.4 Å². The number of anilines is 1. The maximum atomic E-state index is 15.3. The van der Waals surface area contributed by atoms with Gasteiger partial charge in [0.25, 0.3) is 0 Å². The molecule has 6 nitrogen and oxygen atoms in total. The fourth-order valence-corrected chi connectivity index (χ4v) is 4.29. The predicted octanol–water partition coefficient (Wildman–Crippen LogP) is 6.08. The topological polar surface area (TPSA) is 53.1 Å². The Hall–Kier alpha value is -2.38. The highest BCUT2D eigenvalue weighted by molar-refractivity contribution is 5.71. The van der Waals surface area contributed by atoms with Crippen molar-refractivity contribution >= 4 is 5.69 Å². The second-order valence-electron chi connectivity index (χ2n) is 8.74. The van der Waals surface area contributed by atoms with E-state index < -0.39 is 0 Å². The van der Waals surface area contributed by atoms with Gasteiger partial charge in [-0.25, -0.2) is 4.39 Å². The van der Waals surface area contributed by atoms with Gasteiger partial charge in [0.1, 0.15) is 5.82 Å². The fourth-order valence-electron chi connectivity index (χ4n) is 4.29. The first-order valence-corrected chi connectivity index (χ1v) is 12.5. The molecule has 0 atom stereocenters. The molecule has 0 spiro atoms. The lowest BCUT2D eigenvalue weighted by atomic mass is 9.95. The highest BCUT2D eigenvalue weighted by atomic mass is 19.1. The zero-order valence-corrected chi connectivity index (χ0v) is 21.0. The number of aromatic nitrogens is 1. The Kier molecular flexibility index (Phi) is 10.4. The van der Waals surface area contributed by atoms with E-state index in [1.54, 1.807) is 20.3 Å². The van der Waals surface area contributed by atoms with Crippen LogP contribution in [0.5, 0.6) is 11.8 Å². The van der Waals surface area contributed by atoms with Gasteiger partial charge < -0.3 is 23.8 Å². The molecule has 0 unspecified atom stereocenters. The summed E-state index contributed by atoms with van der Waals surface area (Å²) < 4.78 is 37.8. The van der Waals surface area contributed by atoms with Crippen molar-refractivity contribution in [3.63, 3.8) is 0 Å². The summed E-state index contributed by atoms with van der Waals surface area (Å²) in [6, 6.07) is 9.12. The van der Waals surface area contributed by atoms with Crippen LogP contribution in [-0.4, -0.2) is 51.8 Å². The molecule has 2 heterocycles. The lowest BCUT2D eigenvalue weighted by Gasteiger charge is -2.36. The summed E-state index contributed by atoms with van der Waals surface area (Å²) >= 11 is 0. The number of hydrogen-bond donors (Lipinski definition) is 0. The number of benzene rings is 1. The van der Waals surface area contributed by atoms with Gasteiger partial charge in [-0.3, -0.25) is 0 Å². The number of halogens is 1. The van der Waals surface area contributed by atoms with Crippen LogP contribution in [0.4, 0.5) is 10.1 Å². The summed E-state index contributed by atoms with van der Waals surface area (Å²) in [4.78, 5) is 6.67. The van der Waals surface area contributed by atoms with Gasteiger partial charge in [0.15, 0.2) is 6.29 Å². The average molecular weight is 475 g/mol. The molecule has 3 rings (SSSR count). The van der Waals surface area contributed by atoms with E-state index >= 15 is 4.39 Å². The van der Waals surface area contributed by atoms with Crippen molar-refractivity contribution < 1.29 is 23.3 Å². The summed E-state index contributed by atoms with van der Waals surface area (Å²) in [5, 5.41) is 0. The number of methoxy groups -OCH3 is 2. The molecule has 0 radical (unpaired) electrons. The van der Waals surface area contributed by atoms with Crippen molar-refractivity contribution in [3.05, 3.63) is 36.1 Å². The molecule has 34 heavy (non-hydrogen) atoms. The predicted molar refractivity (Wildman–Crippen MR) is 133 cm³/mol. The van der Waals surface area contributed by atoms with Crippen molar-refractivity contribution in [1.29, 1.82) is 0 Å². The summed E-state index contributed by atoms with van der Waals surface area (Å²) in [7, 11) is 3.33. The Morgan fingerprint density at radius 1 is 0.971 bits per heavy atom. The second kappa shape index (κ2) is 13.5. The molecule has 0 bridgehead atoms. The van der Waals surface area contributed by atoms with E-state index in [0.717, 1.165) is 62.7 Å². The normalized spacial score (nSPS) is 14.6. The fraction of sp³-hybridized carbons (Fsp3) is 0.593. The number of piperidine rings is 1. The molecule has 7 heteroatoms. The minimum Gasteiger partial charge on any atom is -0.478 e. The van der Waals surface area contributed by atoms with Crippen molar-refractivity contribution in [2.75, 3.05) is 45.4 Å². The summed E-state index contributed by atoms with van der Waals surface area (Å²) in [6.07, 6.45) is 5.56. The number of unbranched alkanes of at least 4 members (excludes halogenated alkanes) is 2. The molecule has 1 aromatic heterocycles. The third-order valence-corrected chi connectivity index (χ3v) is 6.31. The largest absolute Gasteiger partial charge is 0.478 e. The van der Waals surface area contributed by atoms with Crippen molar-refractivity contribution in [2.24, 2.45) is 5.92 Å². The molecule has 1 saturated heterocycles. The van der Waals surface area contributed by atoms with E-state index in [0.29, 0.717) is 36.6 Å². The summed E-state index contributed by atoms with van der Waals surface area (Å²) in [6.45, 7) is 6.95. The Balaban J connectivity index is 1.76. The van der Waals surface area contributed by atoms with Gasteiger partial charge in [-0.2, -0.15) is 4.98 Å². The van der Waals surface area contributed by atoms with E-state index in [1.807, 2.05) is 24.3 Å². The van der Waals surface area contributed by atoms with Gasteiger partial charge in [0, 0.05) is 44.9 Å². The number of hydrogen-bond acceptors (Lipinski definition) is 6. The molecule has 1 aromatic carbocycles. The summed E-state index contributed by atoms with van der Waals surface area (Å²) in [5.74, 6) is 1.10. The molecule has 0 N–H and O–H groups in total. The smallest absolute Gasteiger partial charge is 0.224 e. The lowest BCUT2D eigenvalue weighted by molar-refractivity contribution is -0.141. The molecule has 1 fully saturated rings. The zero-order chi connectivity index (χ0) is 24.3. The van der Waals surface area contributed by atoms with Crippen LogP contribution in [0.25, 0.3) is 11.1 Å². The number of pyridine rings is 1. The molecule has 1 aliphatic heterocycles. The molecule has 2 aromatic rings. The summed E-state index contributed by atoms with van der Waals surface area (Å²) in [5.41, 5.74) is 2.13. The minimum atomic E-state index is -0.242. The van der Waals surface area contributed by atoms with Crippen LogP contribution in [-0.2, 0) is 9.47 Å². The Labute approximate surface area is 203 Å². The SMILES string of the molecule is CCCCOc1ccc(-c2ccc(N3CCC(C(OC)OC)CC3)c(F)c2)c(OCCCC)n1. The van der Waals surface area contributed by atoms with Gasteiger partial charge in [-0.15, -0.1) is 0 Å². The van der Waals surface area contributed by atoms with Gasteiger partial charge in [0.2, 0.25) is 11.8 Å². The van der Waals surface area contributed by atoms with E-state index in [-0.39, 0.29) is 12.1 Å². The van der Waals surface area contributed by atoms with Crippen molar-refractivity contribution in [3.8, 4) is 22.9 Å². The van der Waals surface area contributed by atoms with E-state index in [2.05, 4.69) is 23.7 Å². The van der Waals surface area contributed by atoms with E-state index in [1.165, 1.54) is 0 Å². The molecule has 0 saturated carbocycles. The Morgan fingerprint density at radius 3 is 2.26 bits per heavy atom. The van der Waals surface area contributed by atoms with Crippen molar-refractivity contribution in [1.82, 2.24) is 4.98 Å². The first kappa shape index (κ1) is 26.2. The number of rotatable bonds is 13. The molecule has 0 aliphatic carbocycles. The molecule has 0 amide bonds. The zero-order valence-electron chi connectivity index (χ0n) is 21.0. The van der Waals surface area contributed by atoms with Gasteiger partial charge >= 0.3 is 0 Å². The van der Waals surface area contributed by atoms with Crippen LogP contribution < -0.4 is 14.4 Å². The Bertz CT molecular complexity index is 883. The maximum absolute atomic E-state index is 15.3. The van der Waals surface area contributed by atoms with E-state index in [4.69, 9.17) is 18.9 Å². The van der Waals surface area contributed by atoms with Crippen LogP contribution >= 0.6 is 0 Å². The van der Waals surface area contributed by atoms with Crippen LogP contribution in [0.3, 0.4) is 0 Å². The molecule has 1 aliphatic rings. The maximum Gasteiger partial charge on any atom is 0.224 e. The first-order valence-electron chi connectivity index (χ1n) is 12.5. The van der Waals surface area contributed by atoms with Gasteiger partial charge in [-0.1, -0.05) is 32.8 Å². The van der Waals surface area contributed by atoms with Gasteiger partial charge in [0.05, 0.1) is 18.9 Å². The third-order valence-electron chi connectivity index (χ3n) is 6.31. The molecular weight excluding hydrogens is 435 g/mol. The van der Waals surface area contributed by atoms with Crippen molar-refractivity contribution in [2.45, 2.75) is 58.7 Å². The van der Waals surface area contributed by atoms with Crippen LogP contribution in [0.1, 0.15) is 52.4 Å². The van der Waals surface area contributed by atoms with Crippen LogP contribution in [0.2, 0.25) is 0 Å². The van der Waals surface area contributed by atoms with Crippen LogP contribution in [0, 0.1) is 11.7 Å². The molecule has 188 valence electrons. The highest BCUT2D eigenvalue weighted by Gasteiger charge is 2.27. The monoisotopic (exact) mass is 474 g/mol. The standard InChI is InChI=1S/C27H39FN2O4/c1-5-7-17-33-25-12-10-22(26(29-25)34-18-8-6-2)21-9-11-24(23(28)19-21)30-15-13-20(14-16-30)27(31-3)32-4/h9-12,19-20,27H,5-8,13-18H2,1-4H3. The quantitative estimate of drug-likeness (QED) is 0.259. The average Bonchev–Trinajstić information content (AvgIpc) is 2.86. The lowest BCUT2D eigenvalue weighted by Crippen LogP contribution is -2.39. The minimum absolute atomic E-state index is 0.207. The molecular formula is C27H39FN2O4. The highest BCUT2D eigenvalue weighted by Crippen LogP contribution is 2.35. The van der Waals surface area contributed by atoms with Crippen LogP contribution in [0.15, 0.2) is 30.3 Å². The second-order valence-corrected chi connectivity index (χ2v) is 8.74. The Morgan fingerprint density at radius 2 is 1.65 bits per heavy atom.